The molecule has 0 aromatic rings. The second-order valence-corrected chi connectivity index (χ2v) is 5.82. The summed E-state index contributed by atoms with van der Waals surface area (Å²) in [6, 6.07) is -0.667. The Morgan fingerprint density at radius 1 is 1.50 bits per heavy atom. The number of nitrogens with one attached hydrogen (secondary N) is 1. The lowest BCUT2D eigenvalue weighted by Crippen LogP contribution is -2.48. The molecule has 0 saturated carbocycles. The maximum Gasteiger partial charge on any atom is 0.327 e. The highest BCUT2D eigenvalue weighted by Crippen LogP contribution is 2.20. The zero-order chi connectivity index (χ0) is 12.3. The molecule has 1 heterocycles. The molecule has 6 heteroatoms. The van der Waals surface area contributed by atoms with E-state index in [0.29, 0.717) is 11.6 Å². The molecule has 0 bridgehead atoms. The Hall–Kier alpha value is -0.750. The number of carbonyl (C=O) groups is 2. The third-order valence-electron chi connectivity index (χ3n) is 2.26. The lowest BCUT2D eigenvalue weighted by atomic mass is 10.1. The summed E-state index contributed by atoms with van der Waals surface area (Å²) in [6.07, 6.45) is 0. The van der Waals surface area contributed by atoms with Crippen molar-refractivity contribution < 1.29 is 14.7 Å². The van der Waals surface area contributed by atoms with Gasteiger partial charge in [-0.1, -0.05) is 0 Å². The van der Waals surface area contributed by atoms with Gasteiger partial charge in [-0.15, -0.1) is 11.8 Å². The minimum atomic E-state index is -0.922. The molecule has 16 heavy (non-hydrogen) atoms. The molecule has 1 aliphatic rings. The van der Waals surface area contributed by atoms with E-state index in [0.717, 1.165) is 0 Å². The van der Waals surface area contributed by atoms with Gasteiger partial charge in [0.15, 0.2) is 0 Å². The van der Waals surface area contributed by atoms with Crippen LogP contribution < -0.4 is 5.32 Å². The monoisotopic (exact) mass is 246 g/mol. The number of hydrogen-bond acceptors (Lipinski definition) is 4. The van der Waals surface area contributed by atoms with Crippen LogP contribution >= 0.6 is 11.8 Å². The van der Waals surface area contributed by atoms with Crippen LogP contribution in [-0.2, 0) is 9.59 Å². The minimum Gasteiger partial charge on any atom is -0.480 e. The molecule has 2 N–H and O–H groups in total. The van der Waals surface area contributed by atoms with Crippen LogP contribution in [0, 0.1) is 0 Å². The second kappa shape index (κ2) is 5.05. The number of carbonyl (C=O) groups excluding carboxylic acids is 1. The van der Waals surface area contributed by atoms with Gasteiger partial charge in [-0.2, -0.15) is 0 Å². The van der Waals surface area contributed by atoms with E-state index in [1.165, 1.54) is 16.7 Å². The van der Waals surface area contributed by atoms with Gasteiger partial charge < -0.3 is 15.3 Å². The molecular formula is C10H18N2O3S. The largest absolute Gasteiger partial charge is 0.480 e. The minimum absolute atomic E-state index is 0.138. The average molecular weight is 246 g/mol. The van der Waals surface area contributed by atoms with E-state index in [1.54, 1.807) is 0 Å². The molecule has 1 saturated heterocycles. The molecule has 0 aromatic heterocycles. The van der Waals surface area contributed by atoms with E-state index in [-0.39, 0.29) is 18.0 Å². The molecule has 92 valence electrons. The highest BCUT2D eigenvalue weighted by Gasteiger charge is 2.34. The van der Waals surface area contributed by atoms with Crippen molar-refractivity contribution in [2.45, 2.75) is 32.4 Å². The fourth-order valence-electron chi connectivity index (χ4n) is 1.34. The number of amides is 1. The molecule has 1 amide bonds. The van der Waals surface area contributed by atoms with Gasteiger partial charge in [-0.3, -0.25) is 4.79 Å². The summed E-state index contributed by atoms with van der Waals surface area (Å²) in [7, 11) is 0. The fourth-order valence-corrected chi connectivity index (χ4v) is 2.51. The van der Waals surface area contributed by atoms with Gasteiger partial charge in [-0.05, 0) is 20.8 Å². The van der Waals surface area contributed by atoms with Gasteiger partial charge in [0.05, 0.1) is 12.4 Å². The van der Waals surface area contributed by atoms with Crippen molar-refractivity contribution >= 4 is 23.6 Å². The fraction of sp³-hybridized carbons (Fsp3) is 0.800. The predicted molar refractivity (Wildman–Crippen MR) is 63.4 cm³/mol. The first-order valence-corrected chi connectivity index (χ1v) is 6.32. The molecule has 1 atom stereocenters. The van der Waals surface area contributed by atoms with Crippen molar-refractivity contribution in [1.82, 2.24) is 10.2 Å². The quantitative estimate of drug-likeness (QED) is 0.752. The Kier molecular flexibility index (Phi) is 4.21. The van der Waals surface area contributed by atoms with E-state index in [1.807, 2.05) is 20.8 Å². The summed E-state index contributed by atoms with van der Waals surface area (Å²) in [6.45, 7) is 6.09. The number of carboxylic acid groups (broad SMARTS) is 1. The van der Waals surface area contributed by atoms with E-state index in [2.05, 4.69) is 5.32 Å². The number of nitrogens with zero attached hydrogens (tertiary/aromatic N) is 1. The molecule has 0 aromatic carbocycles. The zero-order valence-corrected chi connectivity index (χ0v) is 10.6. The van der Waals surface area contributed by atoms with Gasteiger partial charge in [0.1, 0.15) is 6.04 Å². The van der Waals surface area contributed by atoms with Crippen LogP contribution in [0.4, 0.5) is 0 Å². The van der Waals surface area contributed by atoms with Crippen LogP contribution in [0.3, 0.4) is 0 Å². The number of carboxylic acids is 1. The molecule has 5 nitrogen and oxygen atoms in total. The number of hydrogen-bond donors (Lipinski definition) is 2. The third kappa shape index (κ3) is 3.68. The Bertz CT molecular complexity index is 288. The number of thioether (sulfide) groups is 1. The van der Waals surface area contributed by atoms with Gasteiger partial charge in [0.25, 0.3) is 0 Å². The van der Waals surface area contributed by atoms with Crippen LogP contribution in [0.15, 0.2) is 0 Å². The topological polar surface area (TPSA) is 69.6 Å². The van der Waals surface area contributed by atoms with Gasteiger partial charge in [-0.25, -0.2) is 4.79 Å². The molecule has 1 unspecified atom stereocenters. The molecule has 1 rings (SSSR count). The normalized spacial score (nSPS) is 21.2. The summed E-state index contributed by atoms with van der Waals surface area (Å²) in [5.41, 5.74) is -0.138. The molecule has 0 spiro atoms. The Labute approximate surface area is 99.6 Å². The third-order valence-corrected chi connectivity index (χ3v) is 3.27. The van der Waals surface area contributed by atoms with Crippen LogP contribution in [0.1, 0.15) is 20.8 Å². The molecule has 1 fully saturated rings. The summed E-state index contributed by atoms with van der Waals surface area (Å²) in [5, 5.41) is 12.0. The van der Waals surface area contributed by atoms with Crippen molar-refractivity contribution in [2.24, 2.45) is 0 Å². The molecule has 1 aliphatic heterocycles. The first kappa shape index (κ1) is 13.3. The first-order valence-electron chi connectivity index (χ1n) is 5.16. The van der Waals surface area contributed by atoms with Crippen molar-refractivity contribution in [2.75, 3.05) is 18.2 Å². The SMILES string of the molecule is CC(C)(C)NCC(=O)N1CSCC1C(=O)O. The highest BCUT2D eigenvalue weighted by molar-refractivity contribution is 7.99. The molecule has 0 aliphatic carbocycles. The van der Waals surface area contributed by atoms with Gasteiger partial charge in [0, 0.05) is 11.3 Å². The van der Waals surface area contributed by atoms with Crippen LogP contribution in [-0.4, -0.2) is 51.6 Å². The van der Waals surface area contributed by atoms with Crippen molar-refractivity contribution in [1.29, 1.82) is 0 Å². The van der Waals surface area contributed by atoms with Crippen LogP contribution in [0.25, 0.3) is 0 Å². The molecular weight excluding hydrogens is 228 g/mol. The average Bonchev–Trinajstić information content (AvgIpc) is 2.61. The van der Waals surface area contributed by atoms with Crippen molar-refractivity contribution in [3.05, 3.63) is 0 Å². The van der Waals surface area contributed by atoms with Crippen molar-refractivity contribution in [3.63, 3.8) is 0 Å². The summed E-state index contributed by atoms with van der Waals surface area (Å²) >= 11 is 1.48. The van der Waals surface area contributed by atoms with E-state index < -0.39 is 12.0 Å². The van der Waals surface area contributed by atoms with E-state index in [4.69, 9.17) is 5.11 Å². The zero-order valence-electron chi connectivity index (χ0n) is 9.82. The highest BCUT2D eigenvalue weighted by atomic mass is 32.2. The van der Waals surface area contributed by atoms with Crippen LogP contribution in [0.2, 0.25) is 0 Å². The van der Waals surface area contributed by atoms with Gasteiger partial charge >= 0.3 is 5.97 Å². The maximum absolute atomic E-state index is 11.8. The maximum atomic E-state index is 11.8. The van der Waals surface area contributed by atoms with E-state index >= 15 is 0 Å². The smallest absolute Gasteiger partial charge is 0.327 e. The van der Waals surface area contributed by atoms with E-state index in [9.17, 15) is 9.59 Å². The number of aliphatic carboxylic acids is 1. The second-order valence-electron chi connectivity index (χ2n) is 4.82. The molecule has 0 radical (unpaired) electrons. The van der Waals surface area contributed by atoms with Crippen molar-refractivity contribution in [3.8, 4) is 0 Å². The Balaban J connectivity index is 2.50. The first-order chi connectivity index (χ1) is 7.31. The summed E-state index contributed by atoms with van der Waals surface area (Å²) in [4.78, 5) is 24.1. The number of rotatable bonds is 3. The predicted octanol–water partition coefficient (Wildman–Crippen LogP) is 0.361. The summed E-state index contributed by atoms with van der Waals surface area (Å²) in [5.74, 6) is -0.112. The Morgan fingerprint density at radius 2 is 2.12 bits per heavy atom. The standard InChI is InChI=1S/C10H18N2O3S/c1-10(2,3)11-4-8(13)12-6-16-5-7(12)9(14)15/h7,11H,4-6H2,1-3H3,(H,14,15). The van der Waals surface area contributed by atoms with Crippen LogP contribution in [0.5, 0.6) is 0 Å². The lowest BCUT2D eigenvalue weighted by molar-refractivity contribution is -0.147. The lowest BCUT2D eigenvalue weighted by Gasteiger charge is -2.24. The van der Waals surface area contributed by atoms with Gasteiger partial charge in [0.2, 0.25) is 5.91 Å². The Morgan fingerprint density at radius 3 is 2.62 bits per heavy atom. The summed E-state index contributed by atoms with van der Waals surface area (Å²) < 4.78 is 0.